The Kier molecular flexibility index (Phi) is 40.5. The van der Waals surface area contributed by atoms with E-state index in [9.17, 15) is 19.5 Å². The number of ether oxygens (including phenoxy) is 3. The molecule has 344 valence electrons. The summed E-state index contributed by atoms with van der Waals surface area (Å²) in [5.41, 5.74) is 0. The van der Waals surface area contributed by atoms with Gasteiger partial charge >= 0.3 is 17.9 Å². The lowest BCUT2D eigenvalue weighted by atomic mass is 10.0. The van der Waals surface area contributed by atoms with E-state index in [2.05, 4.69) is 50.3 Å². The third-order valence-electron chi connectivity index (χ3n) is 11.1. The fourth-order valence-electron chi connectivity index (χ4n) is 7.27. The summed E-state index contributed by atoms with van der Waals surface area (Å²) >= 11 is 0. The molecule has 8 nitrogen and oxygen atoms in total. The van der Waals surface area contributed by atoms with E-state index in [4.69, 9.17) is 14.2 Å². The number of allylic oxidation sites excluding steroid dienone is 6. The maximum Gasteiger partial charge on any atom is 0.362 e. The predicted octanol–water partition coefficient (Wildman–Crippen LogP) is 13.8. The van der Waals surface area contributed by atoms with Gasteiger partial charge in [-0.15, -0.1) is 0 Å². The number of carboxylic acid groups (broad SMARTS) is 1. The molecule has 0 aliphatic heterocycles. The molecule has 8 heteroatoms. The highest BCUT2D eigenvalue weighted by molar-refractivity contribution is 5.72. The SMILES string of the molecule is CCCCCCC/C=C/C=C/C=C/CCCCCCCC(=O)OC(COCCC(C(=O)O)[N+](C)(C)C)COC(=O)CCCCCCCCCCCCCCCCCCC. The van der Waals surface area contributed by atoms with Crippen molar-refractivity contribution in [1.29, 1.82) is 0 Å². The van der Waals surface area contributed by atoms with Crippen molar-refractivity contribution in [2.75, 3.05) is 41.0 Å². The van der Waals surface area contributed by atoms with Gasteiger partial charge in [-0.2, -0.15) is 0 Å². The lowest BCUT2D eigenvalue weighted by Gasteiger charge is -2.31. The zero-order valence-corrected chi connectivity index (χ0v) is 39.2. The quantitative estimate of drug-likeness (QED) is 0.0282. The average Bonchev–Trinajstić information content (AvgIpc) is 3.19. The molecule has 0 aromatic heterocycles. The normalized spacial score (nSPS) is 13.2. The predicted molar refractivity (Wildman–Crippen MR) is 248 cm³/mol. The first kappa shape index (κ1) is 56.5. The molecule has 1 N–H and O–H groups in total. The van der Waals surface area contributed by atoms with Crippen LogP contribution in [0.5, 0.6) is 0 Å². The number of esters is 2. The van der Waals surface area contributed by atoms with Crippen LogP contribution in [0.1, 0.15) is 219 Å². The van der Waals surface area contributed by atoms with Crippen molar-refractivity contribution in [2.45, 2.75) is 231 Å². The number of hydrogen-bond acceptors (Lipinski definition) is 6. The Morgan fingerprint density at radius 3 is 1.31 bits per heavy atom. The van der Waals surface area contributed by atoms with Crippen LogP contribution in [0.2, 0.25) is 0 Å². The zero-order valence-electron chi connectivity index (χ0n) is 39.2. The molecule has 0 aliphatic carbocycles. The fraction of sp³-hybridized carbons (Fsp3) is 0.824. The minimum absolute atomic E-state index is 0.0553. The molecule has 0 aromatic carbocycles. The number of unbranched alkanes of at least 4 members (excludes halogenated alkanes) is 26. The summed E-state index contributed by atoms with van der Waals surface area (Å²) < 4.78 is 17.3. The van der Waals surface area contributed by atoms with E-state index >= 15 is 0 Å². The molecule has 0 saturated heterocycles. The van der Waals surface area contributed by atoms with Crippen molar-refractivity contribution in [3.63, 3.8) is 0 Å². The second-order valence-corrected chi connectivity index (χ2v) is 17.8. The number of carbonyl (C=O) groups excluding carboxylic acids is 2. The van der Waals surface area contributed by atoms with Crippen molar-refractivity contribution in [1.82, 2.24) is 0 Å². The molecule has 2 unspecified atom stereocenters. The van der Waals surface area contributed by atoms with E-state index in [1.165, 1.54) is 122 Å². The van der Waals surface area contributed by atoms with Gasteiger partial charge in [0.15, 0.2) is 12.1 Å². The Morgan fingerprint density at radius 2 is 0.898 bits per heavy atom. The Labute approximate surface area is 364 Å². The van der Waals surface area contributed by atoms with E-state index in [-0.39, 0.29) is 36.2 Å². The molecule has 59 heavy (non-hydrogen) atoms. The molecular weight excluding hydrogens is 739 g/mol. The summed E-state index contributed by atoms with van der Waals surface area (Å²) in [6, 6.07) is -0.617. The number of aliphatic carboxylic acids is 1. The molecule has 0 rings (SSSR count). The van der Waals surface area contributed by atoms with Crippen LogP contribution in [0, 0.1) is 0 Å². The van der Waals surface area contributed by atoms with Crippen LogP contribution in [0.4, 0.5) is 0 Å². The monoisotopic (exact) mass is 833 g/mol. The first-order chi connectivity index (χ1) is 28.6. The lowest BCUT2D eigenvalue weighted by molar-refractivity contribution is -0.887. The first-order valence-electron chi connectivity index (χ1n) is 24.6. The number of hydrogen-bond donors (Lipinski definition) is 1. The number of carboxylic acids is 1. The molecule has 0 amide bonds. The van der Waals surface area contributed by atoms with E-state index < -0.39 is 18.1 Å². The smallest absolute Gasteiger partial charge is 0.362 e. The van der Waals surface area contributed by atoms with Gasteiger partial charge in [-0.05, 0) is 38.5 Å². The lowest BCUT2D eigenvalue weighted by Crippen LogP contribution is -2.50. The highest BCUT2D eigenvalue weighted by Gasteiger charge is 2.31. The summed E-state index contributed by atoms with van der Waals surface area (Å²) in [7, 11) is 5.53. The van der Waals surface area contributed by atoms with Gasteiger partial charge < -0.3 is 23.8 Å². The Bertz CT molecular complexity index is 1060. The van der Waals surface area contributed by atoms with Crippen LogP contribution in [0.25, 0.3) is 0 Å². The zero-order chi connectivity index (χ0) is 43.5. The van der Waals surface area contributed by atoms with Gasteiger partial charge in [0.1, 0.15) is 6.61 Å². The van der Waals surface area contributed by atoms with Crippen LogP contribution in [-0.2, 0) is 28.6 Å². The molecule has 0 aliphatic rings. The third kappa shape index (κ3) is 40.7. The van der Waals surface area contributed by atoms with Crippen LogP contribution in [0.15, 0.2) is 36.5 Å². The second-order valence-electron chi connectivity index (χ2n) is 17.8. The highest BCUT2D eigenvalue weighted by Crippen LogP contribution is 2.16. The van der Waals surface area contributed by atoms with Crippen molar-refractivity contribution in [2.24, 2.45) is 0 Å². The molecule has 2 atom stereocenters. The van der Waals surface area contributed by atoms with E-state index in [1.54, 1.807) is 0 Å². The minimum atomic E-state index is -0.877. The van der Waals surface area contributed by atoms with Crippen LogP contribution in [-0.4, -0.2) is 80.6 Å². The first-order valence-corrected chi connectivity index (χ1v) is 24.6. The summed E-state index contributed by atoms with van der Waals surface area (Å²) in [5, 5.41) is 9.64. The molecule has 0 heterocycles. The van der Waals surface area contributed by atoms with E-state index in [1.807, 2.05) is 21.1 Å². The fourth-order valence-corrected chi connectivity index (χ4v) is 7.27. The van der Waals surface area contributed by atoms with Crippen molar-refractivity contribution >= 4 is 17.9 Å². The van der Waals surface area contributed by atoms with Gasteiger partial charge in [-0.3, -0.25) is 9.59 Å². The highest BCUT2D eigenvalue weighted by atomic mass is 16.6. The molecule has 0 spiro atoms. The molecule has 0 aromatic rings. The van der Waals surface area contributed by atoms with Gasteiger partial charge in [0.05, 0.1) is 34.4 Å². The number of rotatable bonds is 44. The minimum Gasteiger partial charge on any atom is -0.477 e. The number of nitrogens with zero attached hydrogens (tertiary/aromatic N) is 1. The Morgan fingerprint density at radius 1 is 0.508 bits per heavy atom. The van der Waals surface area contributed by atoms with Crippen molar-refractivity contribution in [3.05, 3.63) is 36.5 Å². The largest absolute Gasteiger partial charge is 0.477 e. The van der Waals surface area contributed by atoms with Gasteiger partial charge in [0.25, 0.3) is 0 Å². The van der Waals surface area contributed by atoms with Gasteiger partial charge in [0.2, 0.25) is 0 Å². The molecule has 0 bridgehead atoms. The number of likely N-dealkylation sites (N-methyl/N-ethyl adjacent to an activating group) is 1. The maximum absolute atomic E-state index is 12.8. The number of carbonyl (C=O) groups is 3. The van der Waals surface area contributed by atoms with Crippen molar-refractivity contribution in [3.8, 4) is 0 Å². The van der Waals surface area contributed by atoms with Gasteiger partial charge in [-0.25, -0.2) is 4.79 Å². The average molecular weight is 833 g/mol. The van der Waals surface area contributed by atoms with Gasteiger partial charge in [0, 0.05) is 19.3 Å². The molecule has 0 radical (unpaired) electrons. The summed E-state index contributed by atoms with van der Waals surface area (Å²) in [6.07, 6.45) is 49.0. The maximum atomic E-state index is 12.8. The molecule has 0 saturated carbocycles. The molecule has 0 fully saturated rings. The van der Waals surface area contributed by atoms with Crippen LogP contribution in [0.3, 0.4) is 0 Å². The number of quaternary nitrogens is 1. The van der Waals surface area contributed by atoms with Crippen LogP contribution >= 0.6 is 0 Å². The van der Waals surface area contributed by atoms with Gasteiger partial charge in [-0.1, -0.05) is 198 Å². The Balaban J connectivity index is 4.31. The Hall–Kier alpha value is -2.45. The second kappa shape index (κ2) is 42.2. The third-order valence-corrected chi connectivity index (χ3v) is 11.1. The standard InChI is InChI=1S/C51H93NO7/c1-6-8-10-12-14-16-18-20-22-24-26-28-30-32-34-36-38-40-42-50(54)59-47(45-57-44-43-48(51(55)56)52(3,4)5)46-58-49(53)41-39-37-35-33-31-29-27-25-23-21-19-17-15-13-11-9-7-2/h18,20,22,24,26,28,47-48H,6-17,19,21,23,25,27,29-46H2,1-5H3/p+1/b20-18+,24-22+,28-26+. The summed E-state index contributed by atoms with van der Waals surface area (Å²) in [5.74, 6) is -1.48. The van der Waals surface area contributed by atoms with E-state index in [0.717, 1.165) is 64.2 Å². The van der Waals surface area contributed by atoms with Crippen molar-refractivity contribution < 1.29 is 38.2 Å². The summed E-state index contributed by atoms with van der Waals surface area (Å²) in [4.78, 5) is 37.1. The van der Waals surface area contributed by atoms with E-state index in [0.29, 0.717) is 19.3 Å². The summed E-state index contributed by atoms with van der Waals surface area (Å²) in [6.45, 7) is 4.73. The van der Waals surface area contributed by atoms with Crippen LogP contribution < -0.4 is 0 Å². The topological polar surface area (TPSA) is 99.1 Å². The molecular formula is C51H94NO7+.